The Labute approximate surface area is 115 Å². The van der Waals surface area contributed by atoms with Crippen molar-refractivity contribution >= 4 is 5.91 Å². The van der Waals surface area contributed by atoms with Crippen molar-refractivity contribution in [1.29, 1.82) is 0 Å². The highest BCUT2D eigenvalue weighted by atomic mass is 16.1. The molecule has 1 fully saturated rings. The Morgan fingerprint density at radius 2 is 2.21 bits per heavy atom. The molecule has 1 aliphatic heterocycles. The first kappa shape index (κ1) is 14.0. The maximum atomic E-state index is 12.0. The van der Waals surface area contributed by atoms with E-state index in [0.717, 1.165) is 43.7 Å². The SMILES string of the molecule is Cc1cccnc1CC(=O)NCC1(C)CCNCC1. The van der Waals surface area contributed by atoms with Crippen LogP contribution in [0.25, 0.3) is 0 Å². The van der Waals surface area contributed by atoms with Gasteiger partial charge in [-0.25, -0.2) is 0 Å². The second kappa shape index (κ2) is 6.15. The predicted molar refractivity (Wildman–Crippen MR) is 75.9 cm³/mol. The predicted octanol–water partition coefficient (Wildman–Crippen LogP) is 1.44. The molecule has 0 unspecified atom stereocenters. The molecular weight excluding hydrogens is 238 g/mol. The van der Waals surface area contributed by atoms with Crippen LogP contribution in [0.3, 0.4) is 0 Å². The fourth-order valence-corrected chi connectivity index (χ4v) is 2.44. The number of carbonyl (C=O) groups excluding carboxylic acids is 1. The number of hydrogen-bond acceptors (Lipinski definition) is 3. The number of carbonyl (C=O) groups is 1. The van der Waals surface area contributed by atoms with Crippen molar-refractivity contribution in [2.75, 3.05) is 19.6 Å². The Kier molecular flexibility index (Phi) is 4.53. The van der Waals surface area contributed by atoms with E-state index in [2.05, 4.69) is 22.5 Å². The number of hydrogen-bond donors (Lipinski definition) is 2. The van der Waals surface area contributed by atoms with E-state index in [9.17, 15) is 4.79 Å². The molecule has 2 N–H and O–H groups in total. The second-order valence-electron chi connectivity index (χ2n) is 5.78. The standard InChI is InChI=1S/C15H23N3O/c1-12-4-3-7-17-13(12)10-14(19)18-11-15(2)5-8-16-9-6-15/h3-4,7,16H,5-6,8-11H2,1-2H3,(H,18,19). The molecule has 1 saturated heterocycles. The molecule has 0 aliphatic carbocycles. The zero-order chi connectivity index (χ0) is 13.7. The highest BCUT2D eigenvalue weighted by Crippen LogP contribution is 2.26. The first-order valence-corrected chi connectivity index (χ1v) is 6.97. The lowest BCUT2D eigenvalue weighted by Crippen LogP contribution is -2.43. The van der Waals surface area contributed by atoms with Crippen molar-refractivity contribution in [2.24, 2.45) is 5.41 Å². The molecule has 0 aromatic carbocycles. The van der Waals surface area contributed by atoms with Crippen LogP contribution in [0.15, 0.2) is 18.3 Å². The van der Waals surface area contributed by atoms with Gasteiger partial charge in [0.15, 0.2) is 0 Å². The number of rotatable bonds is 4. The van der Waals surface area contributed by atoms with Crippen molar-refractivity contribution in [1.82, 2.24) is 15.6 Å². The van der Waals surface area contributed by atoms with Crippen LogP contribution < -0.4 is 10.6 Å². The molecule has 0 spiro atoms. The Hall–Kier alpha value is -1.42. The number of nitrogens with zero attached hydrogens (tertiary/aromatic N) is 1. The molecule has 1 aromatic heterocycles. The zero-order valence-corrected chi connectivity index (χ0v) is 11.8. The van der Waals surface area contributed by atoms with E-state index in [-0.39, 0.29) is 11.3 Å². The highest BCUT2D eigenvalue weighted by molar-refractivity contribution is 5.78. The molecule has 4 nitrogen and oxygen atoms in total. The fourth-order valence-electron chi connectivity index (χ4n) is 2.44. The molecule has 0 bridgehead atoms. The smallest absolute Gasteiger partial charge is 0.226 e. The van der Waals surface area contributed by atoms with Crippen LogP contribution in [0, 0.1) is 12.3 Å². The Morgan fingerprint density at radius 1 is 1.47 bits per heavy atom. The molecule has 1 aliphatic rings. The lowest BCUT2D eigenvalue weighted by molar-refractivity contribution is -0.121. The topological polar surface area (TPSA) is 54.0 Å². The third-order valence-electron chi connectivity index (χ3n) is 3.97. The van der Waals surface area contributed by atoms with Gasteiger partial charge in [0.1, 0.15) is 0 Å². The van der Waals surface area contributed by atoms with E-state index < -0.39 is 0 Å². The number of amides is 1. The Bertz CT molecular complexity index is 439. The monoisotopic (exact) mass is 261 g/mol. The summed E-state index contributed by atoms with van der Waals surface area (Å²) in [5, 5.41) is 6.41. The maximum Gasteiger partial charge on any atom is 0.226 e. The number of nitrogens with one attached hydrogen (secondary N) is 2. The van der Waals surface area contributed by atoms with Gasteiger partial charge in [-0.15, -0.1) is 0 Å². The van der Waals surface area contributed by atoms with Crippen LogP contribution in [0.5, 0.6) is 0 Å². The normalized spacial score (nSPS) is 18.0. The first-order chi connectivity index (χ1) is 9.09. The van der Waals surface area contributed by atoms with Gasteiger partial charge < -0.3 is 10.6 Å². The van der Waals surface area contributed by atoms with Gasteiger partial charge in [-0.3, -0.25) is 9.78 Å². The summed E-state index contributed by atoms with van der Waals surface area (Å²) in [6, 6.07) is 3.89. The van der Waals surface area contributed by atoms with Gasteiger partial charge in [-0.1, -0.05) is 13.0 Å². The van der Waals surface area contributed by atoms with Crippen LogP contribution in [0.2, 0.25) is 0 Å². The zero-order valence-electron chi connectivity index (χ0n) is 11.8. The summed E-state index contributed by atoms with van der Waals surface area (Å²) in [5.74, 6) is 0.0709. The minimum absolute atomic E-state index is 0.0709. The molecule has 4 heteroatoms. The molecule has 2 rings (SSSR count). The van der Waals surface area contributed by atoms with Gasteiger partial charge in [-0.2, -0.15) is 0 Å². The summed E-state index contributed by atoms with van der Waals surface area (Å²) in [5.41, 5.74) is 2.18. The largest absolute Gasteiger partial charge is 0.355 e. The van der Waals surface area contributed by atoms with E-state index >= 15 is 0 Å². The third-order valence-corrected chi connectivity index (χ3v) is 3.97. The first-order valence-electron chi connectivity index (χ1n) is 6.97. The van der Waals surface area contributed by atoms with Gasteiger partial charge >= 0.3 is 0 Å². The summed E-state index contributed by atoms with van der Waals surface area (Å²) in [4.78, 5) is 16.2. The molecule has 0 atom stereocenters. The molecular formula is C15H23N3O. The summed E-state index contributed by atoms with van der Waals surface area (Å²) >= 11 is 0. The second-order valence-corrected chi connectivity index (χ2v) is 5.78. The van der Waals surface area contributed by atoms with E-state index in [1.807, 2.05) is 19.1 Å². The van der Waals surface area contributed by atoms with E-state index in [1.54, 1.807) is 6.20 Å². The average Bonchev–Trinajstić information content (AvgIpc) is 2.40. The van der Waals surface area contributed by atoms with Crippen molar-refractivity contribution in [2.45, 2.75) is 33.1 Å². The lowest BCUT2D eigenvalue weighted by Gasteiger charge is -2.34. The maximum absolute atomic E-state index is 12.0. The van der Waals surface area contributed by atoms with Crippen LogP contribution in [0.4, 0.5) is 0 Å². The van der Waals surface area contributed by atoms with Crippen molar-refractivity contribution in [3.63, 3.8) is 0 Å². The van der Waals surface area contributed by atoms with Crippen molar-refractivity contribution in [3.05, 3.63) is 29.6 Å². The number of aryl methyl sites for hydroxylation is 1. The van der Waals surface area contributed by atoms with E-state index in [1.165, 1.54) is 0 Å². The lowest BCUT2D eigenvalue weighted by atomic mass is 9.81. The van der Waals surface area contributed by atoms with Crippen LogP contribution in [0.1, 0.15) is 31.0 Å². The molecule has 19 heavy (non-hydrogen) atoms. The Balaban J connectivity index is 1.83. The molecule has 1 amide bonds. The van der Waals surface area contributed by atoms with Gasteiger partial charge in [0.2, 0.25) is 5.91 Å². The summed E-state index contributed by atoms with van der Waals surface area (Å²) in [6.07, 6.45) is 4.36. The van der Waals surface area contributed by atoms with E-state index in [0.29, 0.717) is 6.42 Å². The minimum Gasteiger partial charge on any atom is -0.355 e. The fraction of sp³-hybridized carbons (Fsp3) is 0.600. The summed E-state index contributed by atoms with van der Waals surface area (Å²) in [6.45, 7) is 7.10. The third kappa shape index (κ3) is 4.03. The summed E-state index contributed by atoms with van der Waals surface area (Å²) < 4.78 is 0. The van der Waals surface area contributed by atoms with Crippen molar-refractivity contribution in [3.8, 4) is 0 Å². The molecule has 0 saturated carbocycles. The average molecular weight is 261 g/mol. The quantitative estimate of drug-likeness (QED) is 0.862. The highest BCUT2D eigenvalue weighted by Gasteiger charge is 2.26. The van der Waals surface area contributed by atoms with Gasteiger partial charge in [0.25, 0.3) is 0 Å². The number of aromatic nitrogens is 1. The van der Waals surface area contributed by atoms with Gasteiger partial charge in [0, 0.05) is 12.7 Å². The molecule has 1 aromatic rings. The van der Waals surface area contributed by atoms with Crippen LogP contribution in [-0.4, -0.2) is 30.5 Å². The van der Waals surface area contributed by atoms with Gasteiger partial charge in [-0.05, 0) is 49.9 Å². The minimum atomic E-state index is 0.0709. The Morgan fingerprint density at radius 3 is 2.89 bits per heavy atom. The van der Waals surface area contributed by atoms with Crippen molar-refractivity contribution < 1.29 is 4.79 Å². The van der Waals surface area contributed by atoms with Crippen LogP contribution in [-0.2, 0) is 11.2 Å². The van der Waals surface area contributed by atoms with Gasteiger partial charge in [0.05, 0.1) is 12.1 Å². The van der Waals surface area contributed by atoms with Crippen LogP contribution >= 0.6 is 0 Å². The molecule has 2 heterocycles. The number of piperidine rings is 1. The van der Waals surface area contributed by atoms with E-state index in [4.69, 9.17) is 0 Å². The summed E-state index contributed by atoms with van der Waals surface area (Å²) in [7, 11) is 0. The molecule has 104 valence electrons. The number of pyridine rings is 1. The molecule has 0 radical (unpaired) electrons.